The molecule has 1 aromatic carbocycles. The number of aromatic amines is 1. The van der Waals surface area contributed by atoms with Crippen LogP contribution in [0.5, 0.6) is 0 Å². The Balaban J connectivity index is 1.34. The second kappa shape index (κ2) is 6.33. The molecule has 1 aliphatic rings. The molecule has 126 valence electrons. The number of aryl methyl sites for hydroxylation is 1. The van der Waals surface area contributed by atoms with Crippen molar-refractivity contribution < 1.29 is 9.13 Å². The van der Waals surface area contributed by atoms with Crippen molar-refractivity contribution in [3.05, 3.63) is 48.0 Å². The van der Waals surface area contributed by atoms with Gasteiger partial charge in [0.1, 0.15) is 24.7 Å². The highest BCUT2D eigenvalue weighted by Gasteiger charge is 2.33. The van der Waals surface area contributed by atoms with Crippen LogP contribution in [0.2, 0.25) is 0 Å². The van der Waals surface area contributed by atoms with Gasteiger partial charge in [-0.05, 0) is 12.1 Å². The molecule has 1 N–H and O–H groups in total. The predicted molar refractivity (Wildman–Crippen MR) is 88.1 cm³/mol. The van der Waals surface area contributed by atoms with Crippen molar-refractivity contribution in [1.29, 1.82) is 0 Å². The van der Waals surface area contributed by atoms with Gasteiger partial charge in [-0.3, -0.25) is 9.58 Å². The van der Waals surface area contributed by atoms with Gasteiger partial charge in [-0.15, -0.1) is 0 Å². The van der Waals surface area contributed by atoms with E-state index in [1.54, 1.807) is 4.68 Å². The minimum atomic E-state index is -0.981. The van der Waals surface area contributed by atoms with Crippen molar-refractivity contribution in [1.82, 2.24) is 24.6 Å². The van der Waals surface area contributed by atoms with Gasteiger partial charge in [-0.2, -0.15) is 5.10 Å². The number of fused-ring (bicyclic) bond motifs is 1. The average Bonchev–Trinajstić information content (AvgIpc) is 3.24. The summed E-state index contributed by atoms with van der Waals surface area (Å²) in [6, 6.07) is 7.81. The van der Waals surface area contributed by atoms with Crippen LogP contribution >= 0.6 is 0 Å². The number of imidazole rings is 1. The largest absolute Gasteiger partial charge is 0.366 e. The van der Waals surface area contributed by atoms with Crippen molar-refractivity contribution in [2.75, 3.05) is 13.1 Å². The van der Waals surface area contributed by atoms with Gasteiger partial charge < -0.3 is 9.72 Å². The normalized spacial score (nSPS) is 21.8. The second-order valence-electron chi connectivity index (χ2n) is 6.28. The van der Waals surface area contributed by atoms with E-state index in [0.717, 1.165) is 22.4 Å². The predicted octanol–water partition coefficient (Wildman–Crippen LogP) is 2.04. The molecule has 3 heterocycles. The molecule has 24 heavy (non-hydrogen) atoms. The molecule has 3 aromatic rings. The Morgan fingerprint density at radius 1 is 1.33 bits per heavy atom. The lowest BCUT2D eigenvalue weighted by atomic mass is 10.3. The topological polar surface area (TPSA) is 59.0 Å². The zero-order chi connectivity index (χ0) is 16.5. The van der Waals surface area contributed by atoms with Crippen LogP contribution < -0.4 is 0 Å². The number of halogens is 1. The Labute approximate surface area is 139 Å². The highest BCUT2D eigenvalue weighted by Crippen LogP contribution is 2.20. The molecule has 0 spiro atoms. The molecule has 0 bridgehead atoms. The van der Waals surface area contributed by atoms with Crippen LogP contribution in [0, 0.1) is 0 Å². The summed E-state index contributed by atoms with van der Waals surface area (Å²) in [5.74, 6) is 0.731. The number of benzene rings is 1. The summed E-state index contributed by atoms with van der Waals surface area (Å²) in [5.41, 5.74) is 2.96. The molecular formula is C17H20FN5O. The molecule has 0 saturated carbocycles. The van der Waals surface area contributed by atoms with Crippen molar-refractivity contribution >= 4 is 11.0 Å². The number of alkyl halides is 1. The summed E-state index contributed by atoms with van der Waals surface area (Å²) in [6.07, 6.45) is 2.37. The maximum atomic E-state index is 14.2. The Hall–Kier alpha value is -2.25. The second-order valence-corrected chi connectivity index (χ2v) is 6.28. The number of likely N-dealkylation sites (tertiary alicyclic amines) is 1. The lowest BCUT2D eigenvalue weighted by molar-refractivity contribution is 0.00863. The zero-order valence-corrected chi connectivity index (χ0v) is 13.5. The first kappa shape index (κ1) is 15.3. The van der Waals surface area contributed by atoms with Crippen molar-refractivity contribution in [2.24, 2.45) is 7.05 Å². The van der Waals surface area contributed by atoms with Crippen molar-refractivity contribution in [3.63, 3.8) is 0 Å². The van der Waals surface area contributed by atoms with E-state index < -0.39 is 12.3 Å². The van der Waals surface area contributed by atoms with E-state index in [-0.39, 0.29) is 0 Å². The number of hydrogen-bond acceptors (Lipinski definition) is 4. The summed E-state index contributed by atoms with van der Waals surface area (Å²) in [6.45, 7) is 1.95. The molecular weight excluding hydrogens is 309 g/mol. The molecule has 1 saturated heterocycles. The van der Waals surface area contributed by atoms with Gasteiger partial charge in [0, 0.05) is 38.4 Å². The summed E-state index contributed by atoms with van der Waals surface area (Å²) in [7, 11) is 1.88. The van der Waals surface area contributed by atoms with Crippen LogP contribution in [0.15, 0.2) is 36.7 Å². The number of ether oxygens (including phenoxy) is 1. The van der Waals surface area contributed by atoms with E-state index in [4.69, 9.17) is 4.74 Å². The molecule has 1 fully saturated rings. The zero-order valence-electron chi connectivity index (χ0n) is 13.5. The molecule has 1 aliphatic heterocycles. The van der Waals surface area contributed by atoms with Gasteiger partial charge in [0.15, 0.2) is 0 Å². The first-order valence-corrected chi connectivity index (χ1v) is 8.06. The van der Waals surface area contributed by atoms with Crippen LogP contribution in [0.3, 0.4) is 0 Å². The lowest BCUT2D eigenvalue weighted by Gasteiger charge is -2.14. The Morgan fingerprint density at radius 2 is 2.21 bits per heavy atom. The van der Waals surface area contributed by atoms with Crippen LogP contribution in [0.4, 0.5) is 4.39 Å². The third-order valence-corrected chi connectivity index (χ3v) is 4.31. The van der Waals surface area contributed by atoms with Crippen molar-refractivity contribution in [2.45, 2.75) is 25.4 Å². The minimum Gasteiger partial charge on any atom is -0.366 e. The molecule has 2 atom stereocenters. The third-order valence-electron chi connectivity index (χ3n) is 4.31. The fourth-order valence-electron chi connectivity index (χ4n) is 3.17. The van der Waals surface area contributed by atoms with E-state index in [1.165, 1.54) is 0 Å². The molecule has 2 unspecified atom stereocenters. The van der Waals surface area contributed by atoms with Gasteiger partial charge in [-0.25, -0.2) is 9.37 Å². The Kier molecular flexibility index (Phi) is 4.03. The number of aromatic nitrogens is 4. The van der Waals surface area contributed by atoms with E-state index >= 15 is 0 Å². The first-order valence-electron chi connectivity index (χ1n) is 8.06. The molecule has 6 nitrogen and oxygen atoms in total. The highest BCUT2D eigenvalue weighted by molar-refractivity contribution is 5.74. The van der Waals surface area contributed by atoms with Crippen LogP contribution in [-0.2, 0) is 24.9 Å². The number of nitrogens with one attached hydrogen (secondary N) is 1. The fourth-order valence-corrected chi connectivity index (χ4v) is 3.17. The van der Waals surface area contributed by atoms with Crippen LogP contribution in [-0.4, -0.2) is 50.0 Å². The van der Waals surface area contributed by atoms with Crippen molar-refractivity contribution in [3.8, 4) is 0 Å². The quantitative estimate of drug-likeness (QED) is 0.778. The smallest absolute Gasteiger partial charge is 0.140 e. The highest BCUT2D eigenvalue weighted by atomic mass is 19.1. The maximum absolute atomic E-state index is 14.2. The van der Waals surface area contributed by atoms with Gasteiger partial charge in [0.25, 0.3) is 0 Å². The van der Waals surface area contributed by atoms with Gasteiger partial charge in [-0.1, -0.05) is 12.1 Å². The van der Waals surface area contributed by atoms with E-state index in [2.05, 4.69) is 20.0 Å². The molecule has 0 radical (unpaired) electrons. The molecule has 0 aliphatic carbocycles. The number of nitrogens with zero attached hydrogens (tertiary/aromatic N) is 4. The van der Waals surface area contributed by atoms with Gasteiger partial charge >= 0.3 is 0 Å². The lowest BCUT2D eigenvalue weighted by Crippen LogP contribution is -2.24. The van der Waals surface area contributed by atoms with E-state index in [1.807, 2.05) is 43.7 Å². The van der Waals surface area contributed by atoms with Crippen LogP contribution in [0.25, 0.3) is 11.0 Å². The number of rotatable bonds is 5. The van der Waals surface area contributed by atoms with E-state index in [9.17, 15) is 4.39 Å². The third kappa shape index (κ3) is 3.18. The van der Waals surface area contributed by atoms with Gasteiger partial charge in [0.2, 0.25) is 0 Å². The van der Waals surface area contributed by atoms with Crippen LogP contribution in [0.1, 0.15) is 11.4 Å². The Morgan fingerprint density at radius 3 is 3.00 bits per heavy atom. The Bertz CT molecular complexity index is 796. The monoisotopic (exact) mass is 329 g/mol. The summed E-state index contributed by atoms with van der Waals surface area (Å²) in [5, 5.41) is 4.15. The number of para-hydroxylation sites is 2. The molecule has 7 heteroatoms. The maximum Gasteiger partial charge on any atom is 0.140 e. The van der Waals surface area contributed by atoms with Gasteiger partial charge in [0.05, 0.1) is 17.2 Å². The summed E-state index contributed by atoms with van der Waals surface area (Å²) < 4.78 is 21.8. The first-order chi connectivity index (χ1) is 11.7. The molecule has 2 aromatic heterocycles. The minimum absolute atomic E-state index is 0.292. The summed E-state index contributed by atoms with van der Waals surface area (Å²) in [4.78, 5) is 9.73. The van der Waals surface area contributed by atoms with E-state index in [0.29, 0.717) is 26.2 Å². The molecule has 0 amide bonds. The summed E-state index contributed by atoms with van der Waals surface area (Å²) >= 11 is 0. The molecule has 4 rings (SSSR count). The number of hydrogen-bond donors (Lipinski definition) is 1. The number of H-pyrrole nitrogens is 1. The fraction of sp³-hybridized carbons (Fsp3) is 0.412. The standard InChI is InChI=1S/C17H20FN5O/c1-22-7-12(6-19-22)8-23-9-13(18)16(10-23)24-11-17-20-14-4-2-3-5-15(14)21-17/h2-7,13,16H,8-11H2,1H3,(H,20,21). The SMILES string of the molecule is Cn1cc(CN2CC(F)C(OCc3nc4ccccc4[nH]3)C2)cn1. The average molecular weight is 329 g/mol.